The zero-order valence-electron chi connectivity index (χ0n) is 10.3. The van der Waals surface area contributed by atoms with Crippen molar-refractivity contribution in [2.24, 2.45) is 0 Å². The molecule has 1 aromatic carbocycles. The minimum Gasteiger partial charge on any atom is -0.478 e. The van der Waals surface area contributed by atoms with E-state index in [1.165, 1.54) is 24.3 Å². The molecule has 0 spiro atoms. The summed E-state index contributed by atoms with van der Waals surface area (Å²) in [6.07, 6.45) is 1.06. The first-order chi connectivity index (χ1) is 9.40. The zero-order chi connectivity index (χ0) is 14.8. The number of carboxylic acids is 1. The molecule has 0 aliphatic heterocycles. The van der Waals surface area contributed by atoms with E-state index < -0.39 is 24.0 Å². The van der Waals surface area contributed by atoms with Crippen LogP contribution in [0.1, 0.15) is 15.9 Å². The largest absolute Gasteiger partial charge is 0.478 e. The maximum atomic E-state index is 14.0. The normalized spacial score (nSPS) is 11.3. The number of hydrogen-bond donors (Lipinski definition) is 1. The van der Waals surface area contributed by atoms with Crippen LogP contribution in [0.2, 0.25) is 0 Å². The molecule has 0 saturated heterocycles. The van der Waals surface area contributed by atoms with Crippen molar-refractivity contribution in [1.82, 2.24) is 4.57 Å². The van der Waals surface area contributed by atoms with Crippen LogP contribution in [0.15, 0.2) is 53.5 Å². The van der Waals surface area contributed by atoms with Gasteiger partial charge in [0.05, 0.1) is 12.1 Å². The van der Waals surface area contributed by atoms with Crippen LogP contribution in [0.25, 0.3) is 0 Å². The van der Waals surface area contributed by atoms with Gasteiger partial charge in [0.1, 0.15) is 0 Å². The second-order valence-corrected chi connectivity index (χ2v) is 4.26. The lowest BCUT2D eigenvalue weighted by molar-refractivity contribution is -0.0231. The molecule has 4 nitrogen and oxygen atoms in total. The highest BCUT2D eigenvalue weighted by Gasteiger charge is 2.32. The number of aromatic nitrogens is 1. The van der Waals surface area contributed by atoms with Crippen molar-refractivity contribution in [2.45, 2.75) is 12.5 Å². The Balaban J connectivity index is 2.30. The topological polar surface area (TPSA) is 59.3 Å². The van der Waals surface area contributed by atoms with Crippen LogP contribution < -0.4 is 5.56 Å². The van der Waals surface area contributed by atoms with Gasteiger partial charge in [-0.25, -0.2) is 4.79 Å². The molecule has 2 aromatic rings. The third-order valence-corrected chi connectivity index (χ3v) is 2.81. The lowest BCUT2D eigenvalue weighted by Crippen LogP contribution is -2.29. The van der Waals surface area contributed by atoms with Crippen molar-refractivity contribution in [3.8, 4) is 0 Å². The second kappa shape index (κ2) is 5.24. The molecule has 0 aliphatic carbocycles. The number of carboxylic acid groups (broad SMARTS) is 1. The van der Waals surface area contributed by atoms with Crippen LogP contribution in [-0.4, -0.2) is 15.6 Å². The van der Waals surface area contributed by atoms with E-state index in [2.05, 4.69) is 0 Å². The van der Waals surface area contributed by atoms with Gasteiger partial charge in [-0.3, -0.25) is 4.79 Å². The van der Waals surface area contributed by atoms with E-state index in [1.54, 1.807) is 6.07 Å². The number of carbonyl (C=O) groups is 1. The molecule has 0 unspecified atom stereocenters. The van der Waals surface area contributed by atoms with Gasteiger partial charge < -0.3 is 9.67 Å². The Labute approximate surface area is 112 Å². The molecule has 6 heteroatoms. The molecule has 1 aromatic heterocycles. The van der Waals surface area contributed by atoms with E-state index in [0.29, 0.717) is 0 Å². The zero-order valence-corrected chi connectivity index (χ0v) is 10.3. The van der Waals surface area contributed by atoms with Crippen LogP contribution in [0.3, 0.4) is 0 Å². The summed E-state index contributed by atoms with van der Waals surface area (Å²) in [7, 11) is 0. The highest BCUT2D eigenvalue weighted by molar-refractivity contribution is 5.87. The average Bonchev–Trinajstić information content (AvgIpc) is 2.41. The minimum atomic E-state index is -3.21. The average molecular weight is 279 g/mol. The van der Waals surface area contributed by atoms with E-state index in [-0.39, 0.29) is 11.1 Å². The first-order valence-electron chi connectivity index (χ1n) is 5.77. The number of benzene rings is 1. The number of halogens is 2. The molecule has 0 aliphatic rings. The standard InChI is InChI=1S/C14H11F2NO3/c15-14(16,11-4-2-1-3-5-11)9-17-7-6-10(13(19)20)8-12(17)18/h1-8H,9H2,(H,19,20). The van der Waals surface area contributed by atoms with E-state index in [0.717, 1.165) is 22.9 Å². The monoisotopic (exact) mass is 279 g/mol. The van der Waals surface area contributed by atoms with Crippen molar-refractivity contribution in [3.63, 3.8) is 0 Å². The summed E-state index contributed by atoms with van der Waals surface area (Å²) < 4.78 is 28.8. The van der Waals surface area contributed by atoms with Crippen molar-refractivity contribution in [1.29, 1.82) is 0 Å². The van der Waals surface area contributed by atoms with Gasteiger partial charge in [0.25, 0.3) is 11.5 Å². The minimum absolute atomic E-state index is 0.200. The third kappa shape index (κ3) is 2.90. The lowest BCUT2D eigenvalue weighted by atomic mass is 10.1. The van der Waals surface area contributed by atoms with Gasteiger partial charge in [-0.1, -0.05) is 30.3 Å². The summed E-state index contributed by atoms with van der Waals surface area (Å²) in [5.74, 6) is -4.49. The Bertz CT molecular complexity index is 680. The van der Waals surface area contributed by atoms with Crippen molar-refractivity contribution >= 4 is 5.97 Å². The summed E-state index contributed by atoms with van der Waals surface area (Å²) in [6.45, 7) is -0.838. The van der Waals surface area contributed by atoms with Crippen molar-refractivity contribution in [3.05, 3.63) is 70.1 Å². The van der Waals surface area contributed by atoms with Gasteiger partial charge in [-0.2, -0.15) is 8.78 Å². The first kappa shape index (κ1) is 13.9. The molecule has 0 fully saturated rings. The molecule has 0 atom stereocenters. The molecule has 0 bridgehead atoms. The molecule has 104 valence electrons. The summed E-state index contributed by atoms with van der Waals surface area (Å²) in [6, 6.07) is 9.08. The maximum Gasteiger partial charge on any atom is 0.335 e. The molecule has 1 N–H and O–H groups in total. The molecule has 1 heterocycles. The Hall–Kier alpha value is -2.50. The number of pyridine rings is 1. The molecular formula is C14H11F2NO3. The van der Waals surface area contributed by atoms with Crippen LogP contribution in [0.5, 0.6) is 0 Å². The fourth-order valence-corrected chi connectivity index (χ4v) is 1.76. The van der Waals surface area contributed by atoms with Crippen LogP contribution in [-0.2, 0) is 12.5 Å². The quantitative estimate of drug-likeness (QED) is 0.934. The van der Waals surface area contributed by atoms with Crippen LogP contribution in [0.4, 0.5) is 8.78 Å². The third-order valence-electron chi connectivity index (χ3n) is 2.81. The number of nitrogens with zero attached hydrogens (tertiary/aromatic N) is 1. The first-order valence-corrected chi connectivity index (χ1v) is 5.77. The molecule has 2 rings (SSSR count). The number of aromatic carboxylic acids is 1. The summed E-state index contributed by atoms with van der Waals surface area (Å²) in [5, 5.41) is 8.71. The van der Waals surface area contributed by atoms with Gasteiger partial charge >= 0.3 is 5.97 Å². The van der Waals surface area contributed by atoms with Gasteiger partial charge in [0.2, 0.25) is 0 Å². The van der Waals surface area contributed by atoms with Crippen molar-refractivity contribution < 1.29 is 18.7 Å². The Morgan fingerprint density at radius 1 is 1.20 bits per heavy atom. The number of alkyl halides is 2. The Kier molecular flexibility index (Phi) is 3.65. The highest BCUT2D eigenvalue weighted by atomic mass is 19.3. The van der Waals surface area contributed by atoms with Gasteiger partial charge in [0.15, 0.2) is 0 Å². The smallest absolute Gasteiger partial charge is 0.335 e. The highest BCUT2D eigenvalue weighted by Crippen LogP contribution is 2.29. The molecule has 0 saturated carbocycles. The summed E-state index contributed by atoms with van der Waals surface area (Å²) >= 11 is 0. The molecule has 20 heavy (non-hydrogen) atoms. The lowest BCUT2D eigenvalue weighted by Gasteiger charge is -2.18. The second-order valence-electron chi connectivity index (χ2n) is 4.26. The predicted octanol–water partition coefficient (Wildman–Crippen LogP) is 2.34. The van der Waals surface area contributed by atoms with Gasteiger partial charge in [-0.05, 0) is 6.07 Å². The van der Waals surface area contributed by atoms with E-state index >= 15 is 0 Å². The fraction of sp³-hybridized carbons (Fsp3) is 0.143. The predicted molar refractivity (Wildman–Crippen MR) is 68.0 cm³/mol. The van der Waals surface area contributed by atoms with Gasteiger partial charge in [0, 0.05) is 17.8 Å². The summed E-state index contributed by atoms with van der Waals surface area (Å²) in [4.78, 5) is 22.3. The Morgan fingerprint density at radius 2 is 1.85 bits per heavy atom. The number of rotatable bonds is 4. The van der Waals surface area contributed by atoms with Crippen LogP contribution >= 0.6 is 0 Å². The van der Waals surface area contributed by atoms with E-state index in [9.17, 15) is 18.4 Å². The van der Waals surface area contributed by atoms with E-state index in [1.807, 2.05) is 0 Å². The number of hydrogen-bond acceptors (Lipinski definition) is 2. The van der Waals surface area contributed by atoms with Gasteiger partial charge in [-0.15, -0.1) is 0 Å². The maximum absolute atomic E-state index is 14.0. The Morgan fingerprint density at radius 3 is 2.40 bits per heavy atom. The molecule has 0 amide bonds. The fourth-order valence-electron chi connectivity index (χ4n) is 1.76. The van der Waals surface area contributed by atoms with Crippen molar-refractivity contribution in [2.75, 3.05) is 0 Å². The molecular weight excluding hydrogens is 268 g/mol. The molecule has 0 radical (unpaired) electrons. The van der Waals surface area contributed by atoms with E-state index in [4.69, 9.17) is 5.11 Å². The van der Waals surface area contributed by atoms with Crippen LogP contribution in [0, 0.1) is 0 Å². The summed E-state index contributed by atoms with van der Waals surface area (Å²) in [5.41, 5.74) is -1.20. The SMILES string of the molecule is O=C(O)c1ccn(CC(F)(F)c2ccccc2)c(=O)c1.